The minimum absolute atomic E-state index is 0.0520. The van der Waals surface area contributed by atoms with Gasteiger partial charge in [-0.3, -0.25) is 29.0 Å². The summed E-state index contributed by atoms with van der Waals surface area (Å²) in [4.78, 5) is 71.4. The number of ether oxygens (including phenoxy) is 2. The molecular formula is C48H61N5O7S. The van der Waals surface area contributed by atoms with Gasteiger partial charge in [-0.1, -0.05) is 50.2 Å². The summed E-state index contributed by atoms with van der Waals surface area (Å²) in [6.45, 7) is 8.29. The number of benzene rings is 3. The molecule has 0 saturated carbocycles. The second-order valence-electron chi connectivity index (χ2n) is 15.6. The molecule has 2 N–H and O–H groups in total. The second-order valence-corrected chi connectivity index (χ2v) is 16.7. The van der Waals surface area contributed by atoms with Gasteiger partial charge in [0.05, 0.1) is 37.9 Å². The van der Waals surface area contributed by atoms with Gasteiger partial charge in [-0.05, 0) is 124 Å². The molecule has 0 saturated heterocycles. The summed E-state index contributed by atoms with van der Waals surface area (Å²) in [6.07, 6.45) is 7.17. The number of hydrogen-bond donors (Lipinski definition) is 2. The van der Waals surface area contributed by atoms with E-state index in [1.165, 1.54) is 18.4 Å². The molecule has 1 aliphatic rings. The van der Waals surface area contributed by atoms with Crippen LogP contribution in [0.15, 0.2) is 72.8 Å². The van der Waals surface area contributed by atoms with Crippen molar-refractivity contribution in [3.05, 3.63) is 117 Å². The number of aryl methyl sites for hydroxylation is 3. The van der Waals surface area contributed by atoms with E-state index in [1.54, 1.807) is 49.0 Å². The minimum Gasteiger partial charge on any atom is -0.465 e. The van der Waals surface area contributed by atoms with Crippen LogP contribution < -0.4 is 10.6 Å². The second kappa shape index (κ2) is 23.0. The Morgan fingerprint density at radius 1 is 0.754 bits per heavy atom. The van der Waals surface area contributed by atoms with Gasteiger partial charge < -0.3 is 25.0 Å². The Labute approximate surface area is 364 Å². The molecule has 3 amide bonds. The van der Waals surface area contributed by atoms with Crippen molar-refractivity contribution in [1.82, 2.24) is 14.7 Å². The zero-order valence-electron chi connectivity index (χ0n) is 36.5. The number of hydrogen-bond acceptors (Lipinski definition) is 10. The Bertz CT molecular complexity index is 2110. The monoisotopic (exact) mass is 851 g/mol. The molecule has 0 aliphatic heterocycles. The minimum atomic E-state index is -0.356. The number of nitrogens with zero attached hydrogens (tertiary/aromatic N) is 3. The summed E-state index contributed by atoms with van der Waals surface area (Å²) in [5, 5.41) is 6.78. The van der Waals surface area contributed by atoms with Crippen LogP contribution in [-0.2, 0) is 51.3 Å². The Kier molecular flexibility index (Phi) is 17.6. The number of amides is 3. The number of thiophene rings is 1. The summed E-state index contributed by atoms with van der Waals surface area (Å²) in [5.41, 5.74) is 6.47. The lowest BCUT2D eigenvalue weighted by Gasteiger charge is -2.32. The third-order valence-corrected chi connectivity index (χ3v) is 12.4. The number of likely N-dealkylation sites (N-methyl/N-ethyl adjacent to an activating group) is 2. The van der Waals surface area contributed by atoms with Gasteiger partial charge in [0.1, 0.15) is 5.00 Å². The summed E-state index contributed by atoms with van der Waals surface area (Å²) >= 11 is 1.49. The molecule has 326 valence electrons. The number of rotatable bonds is 21. The summed E-state index contributed by atoms with van der Waals surface area (Å²) in [5.74, 6) is -1.30. The lowest BCUT2D eigenvalue weighted by atomic mass is 9.95. The average molecular weight is 852 g/mol. The van der Waals surface area contributed by atoms with E-state index < -0.39 is 0 Å². The first-order valence-corrected chi connectivity index (χ1v) is 22.2. The summed E-state index contributed by atoms with van der Waals surface area (Å²) in [7, 11) is 4.88. The van der Waals surface area contributed by atoms with Crippen molar-refractivity contribution in [3.63, 3.8) is 0 Å². The SMILES string of the molecule is CCOC(=O)CN(C)CC(=O)N(C)CCN(Cc1cccc(C(=O)Nc2sc3c(c2C(=O)Nc2ccc(CCc4ccc(C(=O)OC)cc4)cc2)CCCC3)c1)C(CC)CC. The molecule has 61 heavy (non-hydrogen) atoms. The van der Waals surface area contributed by atoms with E-state index in [0.717, 1.165) is 78.5 Å². The quantitative estimate of drug-likeness (QED) is 0.0811. The first-order chi connectivity index (χ1) is 29.4. The maximum Gasteiger partial charge on any atom is 0.337 e. The van der Waals surface area contributed by atoms with Gasteiger partial charge in [0, 0.05) is 48.9 Å². The van der Waals surface area contributed by atoms with Gasteiger partial charge >= 0.3 is 11.9 Å². The Balaban J connectivity index is 1.22. The zero-order chi connectivity index (χ0) is 43.9. The lowest BCUT2D eigenvalue weighted by Crippen LogP contribution is -2.44. The van der Waals surface area contributed by atoms with E-state index in [-0.39, 0.29) is 48.8 Å². The molecule has 0 atom stereocenters. The molecule has 1 heterocycles. The highest BCUT2D eigenvalue weighted by atomic mass is 32.1. The fourth-order valence-electron chi connectivity index (χ4n) is 7.71. The fraction of sp³-hybridized carbons (Fsp3) is 0.438. The highest BCUT2D eigenvalue weighted by Crippen LogP contribution is 2.39. The van der Waals surface area contributed by atoms with Crippen molar-refractivity contribution >= 4 is 51.7 Å². The molecule has 1 aromatic heterocycles. The first kappa shape index (κ1) is 46.7. The maximum atomic E-state index is 14.0. The van der Waals surface area contributed by atoms with Gasteiger partial charge in [0.25, 0.3) is 11.8 Å². The summed E-state index contributed by atoms with van der Waals surface area (Å²) < 4.78 is 9.80. The Hall–Kier alpha value is -5.37. The van der Waals surface area contributed by atoms with E-state index in [4.69, 9.17) is 9.47 Å². The molecule has 4 aromatic rings. The average Bonchev–Trinajstić information content (AvgIpc) is 3.63. The van der Waals surface area contributed by atoms with Crippen molar-refractivity contribution in [1.29, 1.82) is 0 Å². The van der Waals surface area contributed by atoms with E-state index in [9.17, 15) is 24.0 Å². The molecule has 3 aromatic carbocycles. The highest BCUT2D eigenvalue weighted by molar-refractivity contribution is 7.17. The van der Waals surface area contributed by atoms with Crippen molar-refractivity contribution in [3.8, 4) is 0 Å². The molecule has 5 rings (SSSR count). The van der Waals surface area contributed by atoms with Crippen molar-refractivity contribution in [2.45, 2.75) is 84.7 Å². The lowest BCUT2D eigenvalue weighted by molar-refractivity contribution is -0.144. The highest BCUT2D eigenvalue weighted by Gasteiger charge is 2.27. The van der Waals surface area contributed by atoms with Gasteiger partial charge in [0.2, 0.25) is 5.91 Å². The number of fused-ring (bicyclic) bond motifs is 1. The molecule has 0 bridgehead atoms. The largest absolute Gasteiger partial charge is 0.465 e. The molecule has 0 radical (unpaired) electrons. The van der Waals surface area contributed by atoms with Gasteiger partial charge in [-0.15, -0.1) is 11.3 Å². The molecule has 0 fully saturated rings. The van der Waals surface area contributed by atoms with Crippen LogP contribution in [0.5, 0.6) is 0 Å². The van der Waals surface area contributed by atoms with Crippen LogP contribution in [0.25, 0.3) is 0 Å². The number of nitrogens with one attached hydrogen (secondary N) is 2. The number of anilines is 2. The molecule has 0 spiro atoms. The number of esters is 2. The van der Waals surface area contributed by atoms with Crippen LogP contribution in [0.2, 0.25) is 0 Å². The van der Waals surface area contributed by atoms with Gasteiger partial charge in [-0.25, -0.2) is 4.79 Å². The predicted molar refractivity (Wildman–Crippen MR) is 241 cm³/mol. The Morgan fingerprint density at radius 3 is 2.08 bits per heavy atom. The van der Waals surface area contributed by atoms with Crippen LogP contribution in [0, 0.1) is 0 Å². The number of methoxy groups -OCH3 is 1. The van der Waals surface area contributed by atoms with Gasteiger partial charge in [-0.2, -0.15) is 0 Å². The number of carbonyl (C=O) groups excluding carboxylic acids is 5. The van der Waals surface area contributed by atoms with E-state index in [0.29, 0.717) is 53.6 Å². The first-order valence-electron chi connectivity index (χ1n) is 21.4. The summed E-state index contributed by atoms with van der Waals surface area (Å²) in [6, 6.07) is 23.1. The molecule has 0 unspecified atom stereocenters. The van der Waals surface area contributed by atoms with Crippen molar-refractivity contribution < 1.29 is 33.4 Å². The van der Waals surface area contributed by atoms with E-state index in [1.807, 2.05) is 54.6 Å². The van der Waals surface area contributed by atoms with Crippen LogP contribution in [0.4, 0.5) is 10.7 Å². The van der Waals surface area contributed by atoms with Crippen LogP contribution in [0.3, 0.4) is 0 Å². The third-order valence-electron chi connectivity index (χ3n) is 11.2. The van der Waals surface area contributed by atoms with Gasteiger partial charge in [0.15, 0.2) is 0 Å². The topological polar surface area (TPSA) is 138 Å². The van der Waals surface area contributed by atoms with Crippen molar-refractivity contribution in [2.24, 2.45) is 0 Å². The van der Waals surface area contributed by atoms with Crippen LogP contribution >= 0.6 is 11.3 Å². The molecule has 1 aliphatic carbocycles. The maximum absolute atomic E-state index is 14.0. The van der Waals surface area contributed by atoms with E-state index >= 15 is 0 Å². The van der Waals surface area contributed by atoms with Crippen LogP contribution in [-0.4, -0.2) is 104 Å². The molecular weight excluding hydrogens is 791 g/mol. The molecule has 12 nitrogen and oxygen atoms in total. The van der Waals surface area contributed by atoms with Crippen LogP contribution in [0.1, 0.15) is 105 Å². The standard InChI is InChI=1S/C48H61N5O7S/c1-7-39(8-2)53(28-27-52(5)42(54)31-51(4)32-43(55)60-9-3)30-35-13-12-14-37(29-35)45(56)50-47-44(40-15-10-11-16-41(40)61-47)46(57)49-38-25-21-34(22-26-38)18-17-33-19-23-36(24-20-33)48(58)59-6/h12-14,19-26,29,39H,7-11,15-18,27-28,30-32H2,1-6H3,(H,49,57)(H,50,56). The smallest absolute Gasteiger partial charge is 0.337 e. The molecule has 13 heteroatoms. The normalized spacial score (nSPS) is 12.3. The zero-order valence-corrected chi connectivity index (χ0v) is 37.3. The Morgan fingerprint density at radius 2 is 1.43 bits per heavy atom. The fourth-order valence-corrected chi connectivity index (χ4v) is 8.99. The third kappa shape index (κ3) is 13.3. The van der Waals surface area contributed by atoms with Crippen molar-refractivity contribution in [2.75, 3.05) is 64.6 Å². The van der Waals surface area contributed by atoms with E-state index in [2.05, 4.69) is 29.4 Å². The number of carbonyl (C=O) groups is 5. The predicted octanol–water partition coefficient (Wildman–Crippen LogP) is 7.65.